The van der Waals surface area contributed by atoms with Crippen LogP contribution in [0.2, 0.25) is 0 Å². The number of ether oxygens (including phenoxy) is 1. The number of aromatic amines is 2. The van der Waals surface area contributed by atoms with Gasteiger partial charge in [0.2, 0.25) is 5.91 Å². The number of amides is 1. The van der Waals surface area contributed by atoms with E-state index in [1.165, 1.54) is 10.9 Å². The van der Waals surface area contributed by atoms with E-state index < -0.39 is 6.04 Å². The van der Waals surface area contributed by atoms with E-state index in [2.05, 4.69) is 74.3 Å². The Hall–Kier alpha value is -5.15. The zero-order valence-corrected chi connectivity index (χ0v) is 24.6. The van der Waals surface area contributed by atoms with Crippen molar-refractivity contribution in [2.75, 3.05) is 13.7 Å². The number of nitrogens with one attached hydrogen (secondary N) is 2. The highest BCUT2D eigenvalue weighted by atomic mass is 16.5. The van der Waals surface area contributed by atoms with E-state index in [0.717, 1.165) is 51.4 Å². The molecule has 1 amide bonds. The zero-order valence-electron chi connectivity index (χ0n) is 24.6. The second kappa shape index (κ2) is 11.9. The molecule has 0 radical (unpaired) electrons. The van der Waals surface area contributed by atoms with Gasteiger partial charge in [-0.25, -0.2) is 0 Å². The standard InChI is InChI=1S/C35H35N7O2/c1-44-26-15-12-23(13-16-26)22-42-33(17-14-24-20-37-29-9-4-2-7-27(24)29)39-40-35(42)32(41-18-6-11-31(41)34(36)43)19-25-21-38-30-10-5-3-8-28(25)30/h2-13,15-16,20-21,31-32,37-38H,14,17-19,22H2,1H3,(H2,36,43)/t31?,32-/m1/s1. The molecule has 4 heterocycles. The molecular weight excluding hydrogens is 550 g/mol. The van der Waals surface area contributed by atoms with Crippen molar-refractivity contribution in [1.82, 2.24) is 29.6 Å². The Labute approximate surface area is 255 Å². The number of nitrogens with two attached hydrogens (primary N) is 1. The molecule has 1 unspecified atom stereocenters. The van der Waals surface area contributed by atoms with Gasteiger partial charge in [-0.2, -0.15) is 0 Å². The molecule has 9 nitrogen and oxygen atoms in total. The Balaban J connectivity index is 1.29. The molecule has 4 N–H and O–H groups in total. The quantitative estimate of drug-likeness (QED) is 0.183. The van der Waals surface area contributed by atoms with Crippen molar-refractivity contribution in [1.29, 1.82) is 0 Å². The summed E-state index contributed by atoms with van der Waals surface area (Å²) in [6, 6.07) is 24.0. The topological polar surface area (TPSA) is 118 Å². The van der Waals surface area contributed by atoms with E-state index in [1.807, 2.05) is 42.5 Å². The third-order valence-corrected chi connectivity index (χ3v) is 8.72. The largest absolute Gasteiger partial charge is 0.497 e. The predicted octanol–water partition coefficient (Wildman–Crippen LogP) is 5.09. The molecule has 3 aromatic heterocycles. The van der Waals surface area contributed by atoms with Gasteiger partial charge in [-0.1, -0.05) is 60.7 Å². The lowest BCUT2D eigenvalue weighted by Crippen LogP contribution is -2.44. The van der Waals surface area contributed by atoms with Crippen molar-refractivity contribution in [2.45, 2.75) is 37.9 Å². The van der Waals surface area contributed by atoms with Crippen molar-refractivity contribution in [3.63, 3.8) is 0 Å². The normalized spacial score (nSPS) is 15.8. The lowest BCUT2D eigenvalue weighted by molar-refractivity contribution is -0.122. The fourth-order valence-corrected chi connectivity index (χ4v) is 6.43. The molecule has 0 bridgehead atoms. The molecule has 3 aromatic carbocycles. The molecular formula is C35H35N7O2. The fourth-order valence-electron chi connectivity index (χ4n) is 6.43. The van der Waals surface area contributed by atoms with E-state index in [0.29, 0.717) is 25.9 Å². The van der Waals surface area contributed by atoms with Crippen LogP contribution in [-0.2, 0) is 30.6 Å². The summed E-state index contributed by atoms with van der Waals surface area (Å²) in [5.41, 5.74) is 11.6. The molecule has 44 heavy (non-hydrogen) atoms. The SMILES string of the molecule is COc1ccc(Cn2c(CCc3c[nH]c4ccccc34)nnc2[C@@H](Cc2c[nH]c3ccccc23)N2CC=CC2C(N)=O)cc1. The summed E-state index contributed by atoms with van der Waals surface area (Å²) in [4.78, 5) is 21.5. The maximum Gasteiger partial charge on any atom is 0.238 e. The monoisotopic (exact) mass is 585 g/mol. The smallest absolute Gasteiger partial charge is 0.238 e. The van der Waals surface area contributed by atoms with Crippen molar-refractivity contribution >= 4 is 27.7 Å². The van der Waals surface area contributed by atoms with Crippen LogP contribution in [0, 0.1) is 0 Å². The number of hydrogen-bond donors (Lipinski definition) is 3. The summed E-state index contributed by atoms with van der Waals surface area (Å²) >= 11 is 0. The number of aryl methyl sites for hydroxylation is 2. The van der Waals surface area contributed by atoms with Crippen LogP contribution in [0.25, 0.3) is 21.8 Å². The van der Waals surface area contributed by atoms with E-state index in [-0.39, 0.29) is 11.9 Å². The lowest BCUT2D eigenvalue weighted by Gasteiger charge is -2.31. The summed E-state index contributed by atoms with van der Waals surface area (Å²) in [6.07, 6.45) is 10.2. The first-order valence-electron chi connectivity index (χ1n) is 15.0. The summed E-state index contributed by atoms with van der Waals surface area (Å²) in [6.45, 7) is 1.18. The second-order valence-corrected chi connectivity index (χ2v) is 11.3. The maximum atomic E-state index is 12.6. The number of H-pyrrole nitrogens is 2. The van der Waals surface area contributed by atoms with Gasteiger partial charge in [0.15, 0.2) is 5.82 Å². The number of carbonyl (C=O) groups excluding carboxylic acids is 1. The summed E-state index contributed by atoms with van der Waals surface area (Å²) in [7, 11) is 1.67. The van der Waals surface area contributed by atoms with E-state index in [1.54, 1.807) is 7.11 Å². The lowest BCUT2D eigenvalue weighted by atomic mass is 10.0. The highest BCUT2D eigenvalue weighted by Gasteiger charge is 2.35. The van der Waals surface area contributed by atoms with Gasteiger partial charge in [0, 0.05) is 47.2 Å². The average molecular weight is 586 g/mol. The van der Waals surface area contributed by atoms with Crippen LogP contribution in [0.15, 0.2) is 97.3 Å². The first-order valence-corrected chi connectivity index (χ1v) is 15.0. The number of fused-ring (bicyclic) bond motifs is 2. The Morgan fingerprint density at radius 3 is 2.32 bits per heavy atom. The number of methoxy groups -OCH3 is 1. The van der Waals surface area contributed by atoms with Gasteiger partial charge in [0.1, 0.15) is 17.6 Å². The van der Waals surface area contributed by atoms with Crippen molar-refractivity contribution in [3.8, 4) is 5.75 Å². The second-order valence-electron chi connectivity index (χ2n) is 11.3. The zero-order chi connectivity index (χ0) is 30.0. The van der Waals surface area contributed by atoms with E-state index in [4.69, 9.17) is 20.7 Å². The van der Waals surface area contributed by atoms with Crippen molar-refractivity contribution in [3.05, 3.63) is 126 Å². The molecule has 222 valence electrons. The molecule has 0 spiro atoms. The minimum atomic E-state index is -0.522. The minimum Gasteiger partial charge on any atom is -0.497 e. The molecule has 0 saturated heterocycles. The van der Waals surface area contributed by atoms with Crippen molar-refractivity contribution in [2.24, 2.45) is 5.73 Å². The van der Waals surface area contributed by atoms with Crippen LogP contribution >= 0.6 is 0 Å². The highest BCUT2D eigenvalue weighted by Crippen LogP contribution is 2.33. The fraction of sp³-hybridized carbons (Fsp3) is 0.229. The van der Waals surface area contributed by atoms with Gasteiger partial charge in [-0.15, -0.1) is 10.2 Å². The van der Waals surface area contributed by atoms with Crippen LogP contribution in [0.3, 0.4) is 0 Å². The third-order valence-electron chi connectivity index (χ3n) is 8.72. The molecule has 1 aliphatic heterocycles. The average Bonchev–Trinajstić information content (AvgIpc) is 3.86. The van der Waals surface area contributed by atoms with E-state index in [9.17, 15) is 4.79 Å². The van der Waals surface area contributed by atoms with Gasteiger partial charge in [0.25, 0.3) is 0 Å². The molecule has 7 rings (SSSR count). The van der Waals surface area contributed by atoms with Crippen LogP contribution in [0.1, 0.15) is 34.4 Å². The highest BCUT2D eigenvalue weighted by molar-refractivity contribution is 5.84. The Morgan fingerprint density at radius 1 is 0.932 bits per heavy atom. The van der Waals surface area contributed by atoms with Crippen LogP contribution in [0.4, 0.5) is 0 Å². The summed E-state index contributed by atoms with van der Waals surface area (Å²) < 4.78 is 7.63. The minimum absolute atomic E-state index is 0.241. The van der Waals surface area contributed by atoms with Gasteiger partial charge < -0.3 is 25.0 Å². The number of primary amides is 1. The summed E-state index contributed by atoms with van der Waals surface area (Å²) in [5.74, 6) is 2.15. The molecule has 9 heteroatoms. The number of benzene rings is 3. The number of aromatic nitrogens is 5. The van der Waals surface area contributed by atoms with Crippen LogP contribution < -0.4 is 10.5 Å². The maximum absolute atomic E-state index is 12.6. The first kappa shape index (κ1) is 27.7. The molecule has 0 aliphatic carbocycles. The van der Waals surface area contributed by atoms with Crippen LogP contribution in [-0.4, -0.2) is 55.2 Å². The Kier molecular flexibility index (Phi) is 7.45. The van der Waals surface area contributed by atoms with Crippen LogP contribution in [0.5, 0.6) is 5.75 Å². The third kappa shape index (κ3) is 5.26. The van der Waals surface area contributed by atoms with Crippen molar-refractivity contribution < 1.29 is 9.53 Å². The molecule has 0 saturated carbocycles. The number of nitrogens with zero attached hydrogens (tertiary/aromatic N) is 4. The Bertz CT molecular complexity index is 1950. The molecule has 1 aliphatic rings. The molecule has 6 aromatic rings. The first-order chi connectivity index (χ1) is 21.6. The van der Waals surface area contributed by atoms with E-state index >= 15 is 0 Å². The van der Waals surface area contributed by atoms with Gasteiger partial charge >= 0.3 is 0 Å². The number of rotatable bonds is 11. The summed E-state index contributed by atoms with van der Waals surface area (Å²) in [5, 5.41) is 12.0. The predicted molar refractivity (Wildman–Crippen MR) is 171 cm³/mol. The Morgan fingerprint density at radius 2 is 1.61 bits per heavy atom. The van der Waals surface area contributed by atoms with Gasteiger partial charge in [-0.3, -0.25) is 9.69 Å². The number of para-hydroxylation sites is 2. The number of carbonyl (C=O) groups is 1. The molecule has 2 atom stereocenters. The number of hydrogen-bond acceptors (Lipinski definition) is 5. The van der Waals surface area contributed by atoms with Gasteiger partial charge in [0.05, 0.1) is 19.7 Å². The molecule has 0 fully saturated rings. The van der Waals surface area contributed by atoms with Gasteiger partial charge in [-0.05, 0) is 53.8 Å².